The number of anilines is 1. The highest BCUT2D eigenvalue weighted by Crippen LogP contribution is 2.28. The van der Waals surface area contributed by atoms with Gasteiger partial charge in [0, 0.05) is 31.7 Å². The molecule has 3 N–H and O–H groups in total. The Morgan fingerprint density at radius 2 is 1.83 bits per heavy atom. The lowest BCUT2D eigenvalue weighted by atomic mass is 9.85. The molecule has 1 aliphatic carbocycles. The minimum Gasteiger partial charge on any atom is -0.364 e. The Morgan fingerprint density at radius 3 is 2.45 bits per heavy atom. The van der Waals surface area contributed by atoms with Gasteiger partial charge in [-0.3, -0.25) is 14.4 Å². The molecule has 0 radical (unpaired) electrons. The molecule has 0 saturated heterocycles. The van der Waals surface area contributed by atoms with E-state index in [1.165, 1.54) is 10.9 Å². The molecule has 0 bridgehead atoms. The van der Waals surface area contributed by atoms with Crippen LogP contribution in [0.3, 0.4) is 0 Å². The van der Waals surface area contributed by atoms with E-state index in [1.807, 2.05) is 38.2 Å². The summed E-state index contributed by atoms with van der Waals surface area (Å²) in [6.45, 7) is 1.99. The molecule has 1 aromatic carbocycles. The Labute approximate surface area is 170 Å². The third kappa shape index (κ3) is 4.31. The smallest absolute Gasteiger partial charge is 0.270 e. The van der Waals surface area contributed by atoms with Crippen molar-refractivity contribution in [3.8, 4) is 0 Å². The molecule has 8 nitrogen and oxygen atoms in total. The fourth-order valence-corrected chi connectivity index (χ4v) is 3.95. The van der Waals surface area contributed by atoms with E-state index in [0.29, 0.717) is 25.7 Å². The minimum atomic E-state index is -0.732. The molecule has 0 atom stereocenters. The number of carbonyl (C=O) groups is 3. The van der Waals surface area contributed by atoms with Crippen molar-refractivity contribution < 1.29 is 14.4 Å². The van der Waals surface area contributed by atoms with Crippen LogP contribution in [0.4, 0.5) is 5.69 Å². The molecule has 1 fully saturated rings. The molecule has 1 aromatic heterocycles. The summed E-state index contributed by atoms with van der Waals surface area (Å²) in [5.41, 5.74) is 7.41. The molecule has 154 valence electrons. The van der Waals surface area contributed by atoms with Crippen LogP contribution in [0.1, 0.15) is 52.2 Å². The van der Waals surface area contributed by atoms with Crippen molar-refractivity contribution in [3.05, 3.63) is 47.5 Å². The van der Waals surface area contributed by atoms with E-state index in [1.54, 1.807) is 11.9 Å². The van der Waals surface area contributed by atoms with Gasteiger partial charge in [0.25, 0.3) is 11.8 Å². The van der Waals surface area contributed by atoms with E-state index in [0.717, 1.165) is 11.3 Å². The number of para-hydroxylation sites is 1. The topological polar surface area (TPSA) is 110 Å². The SMILES string of the molecule is Cc1ccccc1N(C)C(=O)C1CCC(NC(=O)c2c(C(N)=O)ncn2C)CC1. The second kappa shape index (κ2) is 8.46. The molecular weight excluding hydrogens is 370 g/mol. The summed E-state index contributed by atoms with van der Waals surface area (Å²) in [5, 5.41) is 2.95. The third-order valence-electron chi connectivity index (χ3n) is 5.60. The number of rotatable bonds is 5. The second-order valence-electron chi connectivity index (χ2n) is 7.62. The van der Waals surface area contributed by atoms with E-state index in [-0.39, 0.29) is 35.2 Å². The summed E-state index contributed by atoms with van der Waals surface area (Å²) in [7, 11) is 3.46. The number of benzene rings is 1. The number of nitrogens with two attached hydrogens (primary N) is 1. The molecular formula is C21H27N5O3. The van der Waals surface area contributed by atoms with Crippen LogP contribution in [0, 0.1) is 12.8 Å². The molecule has 1 saturated carbocycles. The van der Waals surface area contributed by atoms with Crippen LogP contribution in [0.15, 0.2) is 30.6 Å². The zero-order valence-electron chi connectivity index (χ0n) is 17.0. The molecule has 29 heavy (non-hydrogen) atoms. The van der Waals surface area contributed by atoms with Gasteiger partial charge in [0.2, 0.25) is 5.91 Å². The zero-order valence-corrected chi connectivity index (χ0v) is 17.0. The number of hydrogen-bond acceptors (Lipinski definition) is 4. The Morgan fingerprint density at radius 1 is 1.17 bits per heavy atom. The number of primary amides is 1. The first-order valence-corrected chi connectivity index (χ1v) is 9.74. The van der Waals surface area contributed by atoms with Gasteiger partial charge in [-0.05, 0) is 44.2 Å². The maximum atomic E-state index is 12.9. The summed E-state index contributed by atoms with van der Waals surface area (Å²) >= 11 is 0. The maximum absolute atomic E-state index is 12.9. The highest BCUT2D eigenvalue weighted by Gasteiger charge is 2.31. The van der Waals surface area contributed by atoms with Crippen LogP contribution in [-0.4, -0.2) is 40.4 Å². The lowest BCUT2D eigenvalue weighted by Crippen LogP contribution is -2.42. The standard InChI is InChI=1S/C21H27N5O3/c1-13-6-4-5-7-16(13)26(3)21(29)14-8-10-15(11-9-14)24-20(28)18-17(19(22)27)23-12-25(18)2/h4-7,12,14-15H,8-11H2,1-3H3,(H2,22,27)(H,24,28). The van der Waals surface area contributed by atoms with Crippen molar-refractivity contribution in [3.63, 3.8) is 0 Å². The number of aryl methyl sites for hydroxylation is 2. The van der Waals surface area contributed by atoms with E-state index in [9.17, 15) is 14.4 Å². The molecule has 8 heteroatoms. The monoisotopic (exact) mass is 397 g/mol. The number of imidazole rings is 1. The molecule has 3 amide bonds. The molecule has 0 aliphatic heterocycles. The normalized spacial score (nSPS) is 18.9. The van der Waals surface area contributed by atoms with Crippen LogP contribution in [0.25, 0.3) is 0 Å². The molecule has 1 aliphatic rings. The lowest BCUT2D eigenvalue weighted by molar-refractivity contribution is -0.123. The molecule has 2 aromatic rings. The average molecular weight is 397 g/mol. The summed E-state index contributed by atoms with van der Waals surface area (Å²) in [6.07, 6.45) is 4.20. The Hall–Kier alpha value is -3.16. The number of nitrogens with zero attached hydrogens (tertiary/aromatic N) is 3. The largest absolute Gasteiger partial charge is 0.364 e. The number of carbonyl (C=O) groups excluding carboxylic acids is 3. The first kappa shape index (κ1) is 20.6. The Balaban J connectivity index is 1.59. The molecule has 0 spiro atoms. The van der Waals surface area contributed by atoms with Gasteiger partial charge in [0.1, 0.15) is 5.69 Å². The van der Waals surface area contributed by atoms with Gasteiger partial charge in [-0.25, -0.2) is 4.98 Å². The second-order valence-corrected chi connectivity index (χ2v) is 7.62. The summed E-state index contributed by atoms with van der Waals surface area (Å²) in [5.74, 6) is -1.06. The quantitative estimate of drug-likeness (QED) is 0.801. The van der Waals surface area contributed by atoms with Gasteiger partial charge < -0.3 is 20.5 Å². The summed E-state index contributed by atoms with van der Waals surface area (Å²) in [6, 6.07) is 7.77. The predicted octanol–water partition coefficient (Wildman–Crippen LogP) is 1.78. The van der Waals surface area contributed by atoms with Gasteiger partial charge in [-0.2, -0.15) is 0 Å². The van der Waals surface area contributed by atoms with E-state index in [2.05, 4.69) is 10.3 Å². The molecule has 0 unspecified atom stereocenters. The number of aromatic nitrogens is 2. The number of amides is 3. The lowest BCUT2D eigenvalue weighted by Gasteiger charge is -2.31. The van der Waals surface area contributed by atoms with Crippen molar-refractivity contribution in [2.24, 2.45) is 18.7 Å². The van der Waals surface area contributed by atoms with Crippen molar-refractivity contribution in [2.45, 2.75) is 38.6 Å². The fraction of sp³-hybridized carbons (Fsp3) is 0.429. The van der Waals surface area contributed by atoms with Crippen molar-refractivity contribution in [2.75, 3.05) is 11.9 Å². The third-order valence-corrected chi connectivity index (χ3v) is 5.60. The molecule has 3 rings (SSSR count). The van der Waals surface area contributed by atoms with Crippen molar-refractivity contribution in [1.82, 2.24) is 14.9 Å². The average Bonchev–Trinajstić information content (AvgIpc) is 3.10. The van der Waals surface area contributed by atoms with Crippen LogP contribution in [0.2, 0.25) is 0 Å². The van der Waals surface area contributed by atoms with E-state index in [4.69, 9.17) is 5.73 Å². The van der Waals surface area contributed by atoms with Crippen LogP contribution < -0.4 is 16.0 Å². The minimum absolute atomic E-state index is 0.0336. The first-order valence-electron chi connectivity index (χ1n) is 9.74. The summed E-state index contributed by atoms with van der Waals surface area (Å²) < 4.78 is 1.49. The number of hydrogen-bond donors (Lipinski definition) is 2. The van der Waals surface area contributed by atoms with E-state index < -0.39 is 5.91 Å². The predicted molar refractivity (Wildman–Crippen MR) is 110 cm³/mol. The van der Waals surface area contributed by atoms with Gasteiger partial charge in [0.05, 0.1) is 6.33 Å². The first-order chi connectivity index (χ1) is 13.8. The highest BCUT2D eigenvalue weighted by molar-refractivity contribution is 6.04. The van der Waals surface area contributed by atoms with Gasteiger partial charge in [0.15, 0.2) is 5.69 Å². The van der Waals surface area contributed by atoms with Crippen molar-refractivity contribution >= 4 is 23.4 Å². The van der Waals surface area contributed by atoms with Gasteiger partial charge >= 0.3 is 0 Å². The van der Waals surface area contributed by atoms with Gasteiger partial charge in [-0.1, -0.05) is 18.2 Å². The Kier molecular flexibility index (Phi) is 6.00. The van der Waals surface area contributed by atoms with Gasteiger partial charge in [-0.15, -0.1) is 0 Å². The number of nitrogens with one attached hydrogen (secondary N) is 1. The summed E-state index contributed by atoms with van der Waals surface area (Å²) in [4.78, 5) is 42.6. The van der Waals surface area contributed by atoms with E-state index >= 15 is 0 Å². The van der Waals surface area contributed by atoms with Crippen LogP contribution in [-0.2, 0) is 11.8 Å². The zero-order chi connectivity index (χ0) is 21.1. The Bertz CT molecular complexity index is 928. The highest BCUT2D eigenvalue weighted by atomic mass is 16.2. The van der Waals surface area contributed by atoms with Crippen LogP contribution in [0.5, 0.6) is 0 Å². The van der Waals surface area contributed by atoms with Crippen LogP contribution >= 0.6 is 0 Å². The van der Waals surface area contributed by atoms with Crippen molar-refractivity contribution in [1.29, 1.82) is 0 Å². The fourth-order valence-electron chi connectivity index (χ4n) is 3.95. The molecule has 1 heterocycles. The maximum Gasteiger partial charge on any atom is 0.270 e.